The Kier molecular flexibility index (Phi) is 4.47. The lowest BCUT2D eigenvalue weighted by Gasteiger charge is -2.14. The van der Waals surface area contributed by atoms with Gasteiger partial charge < -0.3 is 19.8 Å². The number of aliphatic hydroxyl groups excluding tert-OH is 1. The van der Waals surface area contributed by atoms with E-state index < -0.39 is 12.1 Å². The molecule has 2 N–H and O–H groups in total. The number of carboxylic acid groups (broad SMARTS) is 1. The molecule has 0 saturated carbocycles. The molecule has 0 radical (unpaired) electrons. The van der Waals surface area contributed by atoms with Crippen molar-refractivity contribution in [2.45, 2.75) is 12.6 Å². The minimum Gasteiger partial charge on any atom is -0.493 e. The van der Waals surface area contributed by atoms with E-state index >= 15 is 0 Å². The molecule has 0 spiro atoms. The Morgan fingerprint density at radius 3 is 2.76 bits per heavy atom. The SMILES string of the molecule is COc1cnn(CCN(C)C)c1C(O)C(=O)O. The van der Waals surface area contributed by atoms with E-state index in [1.165, 1.54) is 18.0 Å². The van der Waals surface area contributed by atoms with Gasteiger partial charge in [0, 0.05) is 6.54 Å². The molecule has 17 heavy (non-hydrogen) atoms. The Balaban J connectivity index is 2.97. The Hall–Kier alpha value is -1.60. The molecule has 1 aromatic heterocycles. The van der Waals surface area contributed by atoms with Gasteiger partial charge in [0.25, 0.3) is 0 Å². The van der Waals surface area contributed by atoms with Gasteiger partial charge in [0.15, 0.2) is 11.9 Å². The molecule has 1 unspecified atom stereocenters. The first-order chi connectivity index (χ1) is 7.97. The smallest absolute Gasteiger partial charge is 0.339 e. The van der Waals surface area contributed by atoms with Crippen molar-refractivity contribution in [2.75, 3.05) is 27.7 Å². The summed E-state index contributed by atoms with van der Waals surface area (Å²) in [5.41, 5.74) is 0.168. The lowest BCUT2D eigenvalue weighted by molar-refractivity contribution is -0.147. The van der Waals surface area contributed by atoms with Gasteiger partial charge in [0.05, 0.1) is 19.9 Å². The van der Waals surface area contributed by atoms with E-state index in [0.717, 1.165) is 0 Å². The summed E-state index contributed by atoms with van der Waals surface area (Å²) in [7, 11) is 5.20. The first kappa shape index (κ1) is 13.5. The van der Waals surface area contributed by atoms with Crippen molar-refractivity contribution in [1.29, 1.82) is 0 Å². The molecule has 96 valence electrons. The van der Waals surface area contributed by atoms with E-state index in [1.807, 2.05) is 19.0 Å². The molecule has 0 saturated heterocycles. The summed E-state index contributed by atoms with van der Waals surface area (Å²) in [5, 5.41) is 22.4. The number of carbonyl (C=O) groups is 1. The molecule has 7 nitrogen and oxygen atoms in total. The van der Waals surface area contributed by atoms with Crippen LogP contribution in [0, 0.1) is 0 Å². The van der Waals surface area contributed by atoms with Crippen LogP contribution in [0.5, 0.6) is 5.75 Å². The van der Waals surface area contributed by atoms with Gasteiger partial charge >= 0.3 is 5.97 Å². The second kappa shape index (κ2) is 5.65. The normalized spacial score (nSPS) is 12.8. The molecule has 0 fully saturated rings. The Morgan fingerprint density at radius 2 is 2.29 bits per heavy atom. The van der Waals surface area contributed by atoms with Crippen LogP contribution in [0.25, 0.3) is 0 Å². The molecule has 0 aliphatic carbocycles. The van der Waals surface area contributed by atoms with Crippen molar-refractivity contribution in [1.82, 2.24) is 14.7 Å². The van der Waals surface area contributed by atoms with Crippen LogP contribution in [-0.2, 0) is 11.3 Å². The highest BCUT2D eigenvalue weighted by Crippen LogP contribution is 2.24. The fourth-order valence-corrected chi connectivity index (χ4v) is 1.40. The number of carboxylic acids is 1. The monoisotopic (exact) mass is 243 g/mol. The Labute approximate surface area is 99.2 Å². The predicted molar refractivity (Wildman–Crippen MR) is 59.9 cm³/mol. The molecule has 1 atom stereocenters. The molecular weight excluding hydrogens is 226 g/mol. The molecule has 7 heteroatoms. The number of rotatable bonds is 6. The van der Waals surface area contributed by atoms with Gasteiger partial charge in [-0.3, -0.25) is 4.68 Å². The summed E-state index contributed by atoms with van der Waals surface area (Å²) in [6, 6.07) is 0. The molecule has 1 rings (SSSR count). The summed E-state index contributed by atoms with van der Waals surface area (Å²) in [5.74, 6) is -1.05. The lowest BCUT2D eigenvalue weighted by atomic mass is 10.2. The van der Waals surface area contributed by atoms with Crippen LogP contribution in [0.3, 0.4) is 0 Å². The van der Waals surface area contributed by atoms with Crippen LogP contribution in [-0.4, -0.2) is 58.6 Å². The molecule has 0 aliphatic rings. The van der Waals surface area contributed by atoms with E-state index in [-0.39, 0.29) is 11.4 Å². The van der Waals surface area contributed by atoms with Crippen LogP contribution < -0.4 is 4.74 Å². The number of likely N-dealkylation sites (N-methyl/N-ethyl adjacent to an activating group) is 1. The number of aliphatic hydroxyl groups is 1. The van der Waals surface area contributed by atoms with E-state index in [2.05, 4.69) is 5.10 Å². The third kappa shape index (κ3) is 3.18. The third-order valence-electron chi connectivity index (χ3n) is 2.32. The summed E-state index contributed by atoms with van der Waals surface area (Å²) >= 11 is 0. The number of methoxy groups -OCH3 is 1. The van der Waals surface area contributed by atoms with E-state index in [4.69, 9.17) is 9.84 Å². The minimum absolute atomic E-state index is 0.168. The van der Waals surface area contributed by atoms with Crippen LogP contribution in [0.2, 0.25) is 0 Å². The number of hydrogen-bond donors (Lipinski definition) is 2. The van der Waals surface area contributed by atoms with Crippen LogP contribution in [0.1, 0.15) is 11.8 Å². The Bertz CT molecular complexity index is 389. The largest absolute Gasteiger partial charge is 0.493 e. The average molecular weight is 243 g/mol. The summed E-state index contributed by atoms with van der Waals surface area (Å²) < 4.78 is 6.43. The molecule has 0 bridgehead atoms. The zero-order valence-corrected chi connectivity index (χ0v) is 10.1. The second-order valence-electron chi connectivity index (χ2n) is 3.87. The standard InChI is InChI=1S/C10H17N3O4/c1-12(2)4-5-13-8(9(14)10(15)16)7(17-3)6-11-13/h6,9,14H,4-5H2,1-3H3,(H,15,16). The molecule has 0 amide bonds. The maximum Gasteiger partial charge on any atom is 0.339 e. The van der Waals surface area contributed by atoms with Crippen molar-refractivity contribution >= 4 is 5.97 Å². The first-order valence-electron chi connectivity index (χ1n) is 5.12. The van der Waals surface area contributed by atoms with Gasteiger partial charge in [0.1, 0.15) is 5.69 Å². The highest BCUT2D eigenvalue weighted by Gasteiger charge is 2.25. The van der Waals surface area contributed by atoms with Crippen molar-refractivity contribution < 1.29 is 19.7 Å². The summed E-state index contributed by atoms with van der Waals surface area (Å²) in [6.45, 7) is 1.17. The number of aliphatic carboxylic acids is 1. The summed E-state index contributed by atoms with van der Waals surface area (Å²) in [4.78, 5) is 12.7. The Morgan fingerprint density at radius 1 is 1.65 bits per heavy atom. The minimum atomic E-state index is -1.63. The predicted octanol–water partition coefficient (Wildman–Crippen LogP) is -0.429. The molecule has 1 heterocycles. The van der Waals surface area contributed by atoms with Crippen LogP contribution in [0.15, 0.2) is 6.20 Å². The fraction of sp³-hybridized carbons (Fsp3) is 0.600. The highest BCUT2D eigenvalue weighted by molar-refractivity contribution is 5.74. The van der Waals surface area contributed by atoms with Crippen molar-refractivity contribution in [3.05, 3.63) is 11.9 Å². The van der Waals surface area contributed by atoms with Crippen LogP contribution >= 0.6 is 0 Å². The molecular formula is C10H17N3O4. The van der Waals surface area contributed by atoms with E-state index in [1.54, 1.807) is 0 Å². The van der Waals surface area contributed by atoms with Gasteiger partial charge in [-0.25, -0.2) is 4.79 Å². The molecule has 0 aromatic carbocycles. The molecule has 1 aromatic rings. The maximum atomic E-state index is 10.8. The first-order valence-corrected chi connectivity index (χ1v) is 5.12. The average Bonchev–Trinajstić information content (AvgIpc) is 2.67. The van der Waals surface area contributed by atoms with Crippen molar-refractivity contribution in [2.24, 2.45) is 0 Å². The highest BCUT2D eigenvalue weighted by atomic mass is 16.5. The topological polar surface area (TPSA) is 87.8 Å². The van der Waals surface area contributed by atoms with Crippen molar-refractivity contribution in [3.8, 4) is 5.75 Å². The number of aromatic nitrogens is 2. The van der Waals surface area contributed by atoms with E-state index in [0.29, 0.717) is 13.1 Å². The number of ether oxygens (including phenoxy) is 1. The lowest BCUT2D eigenvalue weighted by Crippen LogP contribution is -2.23. The fourth-order valence-electron chi connectivity index (χ4n) is 1.40. The van der Waals surface area contributed by atoms with Gasteiger partial charge in [-0.15, -0.1) is 0 Å². The zero-order valence-electron chi connectivity index (χ0n) is 10.1. The van der Waals surface area contributed by atoms with Gasteiger partial charge in [-0.2, -0.15) is 5.10 Å². The third-order valence-corrected chi connectivity index (χ3v) is 2.32. The van der Waals surface area contributed by atoms with Crippen LogP contribution in [0.4, 0.5) is 0 Å². The summed E-state index contributed by atoms with van der Waals surface area (Å²) in [6.07, 6.45) is -0.230. The maximum absolute atomic E-state index is 10.8. The number of hydrogen-bond acceptors (Lipinski definition) is 5. The zero-order chi connectivity index (χ0) is 13.0. The van der Waals surface area contributed by atoms with Crippen molar-refractivity contribution in [3.63, 3.8) is 0 Å². The quantitative estimate of drug-likeness (QED) is 0.705. The van der Waals surface area contributed by atoms with E-state index in [9.17, 15) is 9.90 Å². The van der Waals surface area contributed by atoms with Gasteiger partial charge in [0.2, 0.25) is 0 Å². The molecule has 0 aliphatic heterocycles. The number of nitrogens with zero attached hydrogens (tertiary/aromatic N) is 3. The van der Waals surface area contributed by atoms with Gasteiger partial charge in [-0.1, -0.05) is 0 Å². The second-order valence-corrected chi connectivity index (χ2v) is 3.87. The van der Waals surface area contributed by atoms with Gasteiger partial charge in [-0.05, 0) is 14.1 Å².